The summed E-state index contributed by atoms with van der Waals surface area (Å²) in [5.41, 5.74) is 2.32. The Morgan fingerprint density at radius 3 is 2.60 bits per heavy atom. The van der Waals surface area contributed by atoms with Crippen LogP contribution in [-0.2, 0) is 4.74 Å². The van der Waals surface area contributed by atoms with Crippen LogP contribution in [0.25, 0.3) is 0 Å². The van der Waals surface area contributed by atoms with Crippen molar-refractivity contribution < 1.29 is 9.53 Å². The van der Waals surface area contributed by atoms with Crippen LogP contribution in [0, 0.1) is 12.3 Å². The third kappa shape index (κ3) is 2.24. The molecule has 3 rings (SSSR count). The second-order valence-electron chi connectivity index (χ2n) is 6.29. The van der Waals surface area contributed by atoms with Gasteiger partial charge in [0.1, 0.15) is 0 Å². The standard InChI is InChI=1S/C17H23NO2/c1-13-4-3-5-14(12-13)16(19)18-10-8-17(9-11-18)7-6-15(17)20-2/h3-5,12,15H,6-11H2,1-2H3. The molecular weight excluding hydrogens is 250 g/mol. The van der Waals surface area contributed by atoms with Gasteiger partial charge in [0.2, 0.25) is 0 Å². The van der Waals surface area contributed by atoms with Gasteiger partial charge in [-0.1, -0.05) is 17.7 Å². The molecule has 3 nitrogen and oxygen atoms in total. The highest BCUT2D eigenvalue weighted by Crippen LogP contribution is 2.50. The molecule has 0 aromatic heterocycles. The number of hydrogen-bond donors (Lipinski definition) is 0. The number of hydrogen-bond acceptors (Lipinski definition) is 2. The van der Waals surface area contributed by atoms with Crippen molar-refractivity contribution in [2.45, 2.75) is 38.7 Å². The molecule has 0 bridgehead atoms. The van der Waals surface area contributed by atoms with Gasteiger partial charge in [0, 0.05) is 31.2 Å². The zero-order valence-corrected chi connectivity index (χ0v) is 12.4. The van der Waals surface area contributed by atoms with E-state index in [1.165, 1.54) is 12.8 Å². The van der Waals surface area contributed by atoms with E-state index in [1.807, 2.05) is 43.2 Å². The predicted molar refractivity (Wildman–Crippen MR) is 78.8 cm³/mol. The average Bonchev–Trinajstić information content (AvgIpc) is 2.46. The normalized spacial score (nSPS) is 24.5. The lowest BCUT2D eigenvalue weighted by Crippen LogP contribution is -2.53. The maximum atomic E-state index is 12.5. The topological polar surface area (TPSA) is 29.5 Å². The van der Waals surface area contributed by atoms with E-state index in [9.17, 15) is 4.79 Å². The number of carbonyl (C=O) groups excluding carboxylic acids is 1. The average molecular weight is 273 g/mol. The van der Waals surface area contributed by atoms with E-state index >= 15 is 0 Å². The SMILES string of the molecule is COC1CCC12CCN(C(=O)c1cccc(C)c1)CC2. The number of methoxy groups -OCH3 is 1. The lowest BCUT2D eigenvalue weighted by Gasteiger charge is -2.53. The lowest BCUT2D eigenvalue weighted by atomic mass is 9.60. The summed E-state index contributed by atoms with van der Waals surface area (Å²) in [5.74, 6) is 0.178. The molecule has 2 fully saturated rings. The van der Waals surface area contributed by atoms with Gasteiger partial charge < -0.3 is 9.64 Å². The van der Waals surface area contributed by atoms with E-state index in [4.69, 9.17) is 4.74 Å². The zero-order chi connectivity index (χ0) is 14.2. The van der Waals surface area contributed by atoms with Crippen molar-refractivity contribution in [2.75, 3.05) is 20.2 Å². The smallest absolute Gasteiger partial charge is 0.253 e. The number of benzene rings is 1. The summed E-state index contributed by atoms with van der Waals surface area (Å²) < 4.78 is 5.57. The second-order valence-corrected chi connectivity index (χ2v) is 6.29. The highest BCUT2D eigenvalue weighted by molar-refractivity contribution is 5.94. The van der Waals surface area contributed by atoms with Crippen LogP contribution in [-0.4, -0.2) is 37.1 Å². The van der Waals surface area contributed by atoms with Crippen molar-refractivity contribution in [3.63, 3.8) is 0 Å². The Kier molecular flexibility index (Phi) is 3.55. The summed E-state index contributed by atoms with van der Waals surface area (Å²) in [6.45, 7) is 3.76. The Morgan fingerprint density at radius 2 is 2.05 bits per heavy atom. The van der Waals surface area contributed by atoms with Crippen LogP contribution in [0.2, 0.25) is 0 Å². The lowest BCUT2D eigenvalue weighted by molar-refractivity contribution is -0.116. The highest BCUT2D eigenvalue weighted by Gasteiger charge is 2.48. The van der Waals surface area contributed by atoms with Crippen LogP contribution < -0.4 is 0 Å². The van der Waals surface area contributed by atoms with Crippen molar-refractivity contribution >= 4 is 5.91 Å². The Balaban J connectivity index is 1.65. The Bertz CT molecular complexity index is 501. The summed E-state index contributed by atoms with van der Waals surface area (Å²) >= 11 is 0. The minimum absolute atomic E-state index is 0.178. The van der Waals surface area contributed by atoms with Gasteiger partial charge >= 0.3 is 0 Å². The molecule has 1 aliphatic carbocycles. The van der Waals surface area contributed by atoms with Crippen molar-refractivity contribution in [3.8, 4) is 0 Å². The van der Waals surface area contributed by atoms with E-state index in [0.717, 1.165) is 37.1 Å². The molecule has 1 saturated heterocycles. The number of likely N-dealkylation sites (tertiary alicyclic amines) is 1. The number of nitrogens with zero attached hydrogens (tertiary/aromatic N) is 1. The number of amides is 1. The number of aryl methyl sites for hydroxylation is 1. The Hall–Kier alpha value is -1.35. The number of carbonyl (C=O) groups is 1. The van der Waals surface area contributed by atoms with E-state index in [0.29, 0.717) is 11.5 Å². The molecule has 20 heavy (non-hydrogen) atoms. The van der Waals surface area contributed by atoms with Gasteiger partial charge in [-0.05, 0) is 44.7 Å². The summed E-state index contributed by atoms with van der Waals surface area (Å²) in [6.07, 6.45) is 5.03. The van der Waals surface area contributed by atoms with Crippen molar-refractivity contribution in [1.82, 2.24) is 4.90 Å². The van der Waals surface area contributed by atoms with Crippen LogP contribution in [0.15, 0.2) is 24.3 Å². The van der Waals surface area contributed by atoms with Crippen molar-refractivity contribution in [3.05, 3.63) is 35.4 Å². The van der Waals surface area contributed by atoms with Gasteiger partial charge in [-0.25, -0.2) is 0 Å². The molecule has 2 aliphatic rings. The molecule has 1 amide bonds. The Labute approximate surface area is 120 Å². The molecule has 1 atom stereocenters. The zero-order valence-electron chi connectivity index (χ0n) is 12.4. The molecule has 3 heteroatoms. The fourth-order valence-corrected chi connectivity index (χ4v) is 3.73. The molecule has 1 aromatic rings. The molecule has 1 heterocycles. The number of rotatable bonds is 2. The Morgan fingerprint density at radius 1 is 1.30 bits per heavy atom. The molecule has 1 aliphatic heterocycles. The molecule has 0 N–H and O–H groups in total. The van der Waals surface area contributed by atoms with Crippen LogP contribution >= 0.6 is 0 Å². The van der Waals surface area contributed by atoms with Crippen LogP contribution in [0.1, 0.15) is 41.6 Å². The summed E-state index contributed by atoms with van der Waals surface area (Å²) in [6, 6.07) is 7.88. The van der Waals surface area contributed by atoms with E-state index < -0.39 is 0 Å². The number of piperidine rings is 1. The summed E-state index contributed by atoms with van der Waals surface area (Å²) in [5, 5.41) is 0. The van der Waals surface area contributed by atoms with Crippen LogP contribution in [0.3, 0.4) is 0 Å². The molecule has 1 saturated carbocycles. The van der Waals surface area contributed by atoms with Crippen molar-refractivity contribution in [1.29, 1.82) is 0 Å². The number of ether oxygens (including phenoxy) is 1. The van der Waals surface area contributed by atoms with Gasteiger partial charge in [0.05, 0.1) is 6.10 Å². The first-order chi connectivity index (χ1) is 9.64. The fraction of sp³-hybridized carbons (Fsp3) is 0.588. The largest absolute Gasteiger partial charge is 0.381 e. The summed E-state index contributed by atoms with van der Waals surface area (Å²) in [7, 11) is 1.82. The molecular formula is C17H23NO2. The van der Waals surface area contributed by atoms with Gasteiger partial charge in [0.15, 0.2) is 0 Å². The maximum Gasteiger partial charge on any atom is 0.253 e. The van der Waals surface area contributed by atoms with E-state index in [1.54, 1.807) is 0 Å². The molecule has 1 aromatic carbocycles. The quantitative estimate of drug-likeness (QED) is 0.829. The van der Waals surface area contributed by atoms with Gasteiger partial charge in [-0.3, -0.25) is 4.79 Å². The first kappa shape index (κ1) is 13.6. The fourth-order valence-electron chi connectivity index (χ4n) is 3.73. The minimum atomic E-state index is 0.178. The molecule has 1 spiro atoms. The molecule has 1 unspecified atom stereocenters. The van der Waals surface area contributed by atoms with Gasteiger partial charge in [-0.15, -0.1) is 0 Å². The third-order valence-corrected chi connectivity index (χ3v) is 5.18. The van der Waals surface area contributed by atoms with Crippen LogP contribution in [0.5, 0.6) is 0 Å². The van der Waals surface area contributed by atoms with E-state index in [2.05, 4.69) is 0 Å². The molecule has 0 radical (unpaired) electrons. The van der Waals surface area contributed by atoms with Gasteiger partial charge in [0.25, 0.3) is 5.91 Å². The predicted octanol–water partition coefficient (Wildman–Crippen LogP) is 3.03. The maximum absolute atomic E-state index is 12.5. The highest BCUT2D eigenvalue weighted by atomic mass is 16.5. The second kappa shape index (κ2) is 5.21. The van der Waals surface area contributed by atoms with Crippen LogP contribution in [0.4, 0.5) is 0 Å². The first-order valence-corrected chi connectivity index (χ1v) is 7.53. The van der Waals surface area contributed by atoms with Gasteiger partial charge in [-0.2, -0.15) is 0 Å². The minimum Gasteiger partial charge on any atom is -0.381 e. The monoisotopic (exact) mass is 273 g/mol. The van der Waals surface area contributed by atoms with Crippen molar-refractivity contribution in [2.24, 2.45) is 5.41 Å². The van der Waals surface area contributed by atoms with E-state index in [-0.39, 0.29) is 5.91 Å². The first-order valence-electron chi connectivity index (χ1n) is 7.53. The third-order valence-electron chi connectivity index (χ3n) is 5.18. The summed E-state index contributed by atoms with van der Waals surface area (Å²) in [4.78, 5) is 14.5. The molecule has 108 valence electrons.